The van der Waals surface area contributed by atoms with Gasteiger partial charge in [0.25, 0.3) is 0 Å². The third-order valence-electron chi connectivity index (χ3n) is 2.61. The van der Waals surface area contributed by atoms with E-state index in [0.717, 1.165) is 6.54 Å². The van der Waals surface area contributed by atoms with Gasteiger partial charge in [0.05, 0.1) is 7.57 Å². The molecule has 0 aromatic carbocycles. The zero-order valence-corrected chi connectivity index (χ0v) is 13.8. The van der Waals surface area contributed by atoms with Gasteiger partial charge in [-0.25, -0.2) is 0 Å². The summed E-state index contributed by atoms with van der Waals surface area (Å²) in [6, 6.07) is 2.72. The van der Waals surface area contributed by atoms with Crippen molar-refractivity contribution in [2.45, 2.75) is 45.6 Å². The van der Waals surface area contributed by atoms with Gasteiger partial charge in [-0.2, -0.15) is 0 Å². The zero-order chi connectivity index (χ0) is 12.0. The molecule has 1 unspecified atom stereocenters. The maximum Gasteiger partial charge on any atom is 0.0758 e. The summed E-state index contributed by atoms with van der Waals surface area (Å²) >= 11 is 8.95. The van der Waals surface area contributed by atoms with Gasteiger partial charge in [0, 0.05) is 6.04 Å². The SMILES string of the molecule is CCCCCC(NCC)c1cc(Br)sc1Br. The Morgan fingerprint density at radius 3 is 2.56 bits per heavy atom. The Balaban J connectivity index is 2.64. The molecular formula is C12H19Br2NS. The first-order valence-corrected chi connectivity index (χ1v) is 8.27. The molecule has 1 N–H and O–H groups in total. The lowest BCUT2D eigenvalue weighted by Crippen LogP contribution is -2.20. The van der Waals surface area contributed by atoms with Crippen LogP contribution in [0, 0.1) is 0 Å². The minimum absolute atomic E-state index is 0.494. The van der Waals surface area contributed by atoms with Gasteiger partial charge in [-0.3, -0.25) is 0 Å². The van der Waals surface area contributed by atoms with Gasteiger partial charge in [0.15, 0.2) is 0 Å². The second-order valence-corrected chi connectivity index (χ2v) is 7.63. The molecule has 1 aromatic rings. The van der Waals surface area contributed by atoms with Crippen LogP contribution in [0.4, 0.5) is 0 Å². The van der Waals surface area contributed by atoms with Gasteiger partial charge in [0.1, 0.15) is 0 Å². The minimum Gasteiger partial charge on any atom is -0.310 e. The molecule has 1 aromatic heterocycles. The third kappa shape index (κ3) is 4.47. The number of rotatable bonds is 7. The molecule has 0 aliphatic heterocycles. The Kier molecular flexibility index (Phi) is 7.20. The zero-order valence-electron chi connectivity index (χ0n) is 9.85. The van der Waals surface area contributed by atoms with Crippen LogP contribution in [-0.2, 0) is 0 Å². The second kappa shape index (κ2) is 7.85. The molecule has 4 heteroatoms. The number of halogens is 2. The molecule has 1 rings (SSSR count). The smallest absolute Gasteiger partial charge is 0.0758 e. The topological polar surface area (TPSA) is 12.0 Å². The highest BCUT2D eigenvalue weighted by atomic mass is 79.9. The van der Waals surface area contributed by atoms with Crippen LogP contribution in [-0.4, -0.2) is 6.54 Å². The van der Waals surface area contributed by atoms with Crippen molar-refractivity contribution in [1.29, 1.82) is 0 Å². The van der Waals surface area contributed by atoms with E-state index in [1.807, 2.05) is 0 Å². The highest BCUT2D eigenvalue weighted by Gasteiger charge is 2.15. The van der Waals surface area contributed by atoms with Crippen molar-refractivity contribution in [2.75, 3.05) is 6.54 Å². The fourth-order valence-electron chi connectivity index (χ4n) is 1.80. The molecule has 0 aliphatic rings. The van der Waals surface area contributed by atoms with Gasteiger partial charge in [0.2, 0.25) is 0 Å². The van der Waals surface area contributed by atoms with Crippen LogP contribution in [0.2, 0.25) is 0 Å². The van der Waals surface area contributed by atoms with E-state index < -0.39 is 0 Å². The average Bonchev–Trinajstić information content (AvgIpc) is 2.57. The Bertz CT molecular complexity index is 312. The number of hydrogen-bond donors (Lipinski definition) is 1. The van der Waals surface area contributed by atoms with Crippen molar-refractivity contribution in [3.05, 3.63) is 19.2 Å². The molecule has 1 nitrogen and oxygen atoms in total. The number of nitrogens with one attached hydrogen (secondary N) is 1. The second-order valence-electron chi connectivity index (χ2n) is 3.89. The summed E-state index contributed by atoms with van der Waals surface area (Å²) in [4.78, 5) is 0. The Morgan fingerprint density at radius 2 is 2.06 bits per heavy atom. The molecule has 0 aliphatic carbocycles. The van der Waals surface area contributed by atoms with Crippen LogP contribution < -0.4 is 5.32 Å². The van der Waals surface area contributed by atoms with Gasteiger partial charge in [-0.15, -0.1) is 11.3 Å². The van der Waals surface area contributed by atoms with E-state index in [4.69, 9.17) is 0 Å². The normalized spacial score (nSPS) is 13.0. The lowest BCUT2D eigenvalue weighted by molar-refractivity contribution is 0.486. The van der Waals surface area contributed by atoms with Crippen molar-refractivity contribution in [3.63, 3.8) is 0 Å². The number of unbranched alkanes of at least 4 members (excludes halogenated alkanes) is 2. The predicted molar refractivity (Wildman–Crippen MR) is 80.3 cm³/mol. The third-order valence-corrected chi connectivity index (χ3v) is 4.99. The van der Waals surface area contributed by atoms with E-state index in [2.05, 4.69) is 57.1 Å². The summed E-state index contributed by atoms with van der Waals surface area (Å²) < 4.78 is 2.45. The molecule has 0 fully saturated rings. The quantitative estimate of drug-likeness (QED) is 0.626. The summed E-state index contributed by atoms with van der Waals surface area (Å²) in [6.07, 6.45) is 5.13. The van der Waals surface area contributed by atoms with Crippen molar-refractivity contribution < 1.29 is 0 Å². The number of hydrogen-bond acceptors (Lipinski definition) is 2. The van der Waals surface area contributed by atoms with Gasteiger partial charge >= 0.3 is 0 Å². The van der Waals surface area contributed by atoms with Crippen molar-refractivity contribution >= 4 is 43.2 Å². The Morgan fingerprint density at radius 1 is 1.31 bits per heavy atom. The largest absolute Gasteiger partial charge is 0.310 e. The van der Waals surface area contributed by atoms with Crippen LogP contribution in [0.15, 0.2) is 13.6 Å². The average molecular weight is 369 g/mol. The molecule has 0 spiro atoms. The fourth-order valence-corrected chi connectivity index (χ4v) is 4.78. The van der Waals surface area contributed by atoms with Gasteiger partial charge < -0.3 is 5.32 Å². The van der Waals surface area contributed by atoms with E-state index in [1.54, 1.807) is 11.3 Å². The monoisotopic (exact) mass is 367 g/mol. The van der Waals surface area contributed by atoms with Crippen LogP contribution in [0.3, 0.4) is 0 Å². The fraction of sp³-hybridized carbons (Fsp3) is 0.667. The first-order valence-electron chi connectivity index (χ1n) is 5.87. The molecule has 0 radical (unpaired) electrons. The Labute approximate surface area is 119 Å². The summed E-state index contributed by atoms with van der Waals surface area (Å²) in [6.45, 7) is 5.44. The van der Waals surface area contributed by atoms with Crippen LogP contribution in [0.5, 0.6) is 0 Å². The van der Waals surface area contributed by atoms with Crippen molar-refractivity contribution in [3.8, 4) is 0 Å². The molecule has 0 saturated carbocycles. The highest BCUT2D eigenvalue weighted by molar-refractivity contribution is 9.12. The molecule has 0 saturated heterocycles. The summed E-state index contributed by atoms with van der Waals surface area (Å²) in [5, 5.41) is 3.57. The molecule has 92 valence electrons. The highest BCUT2D eigenvalue weighted by Crippen LogP contribution is 2.37. The molecule has 1 atom stereocenters. The molecule has 16 heavy (non-hydrogen) atoms. The van der Waals surface area contributed by atoms with E-state index in [0.29, 0.717) is 6.04 Å². The predicted octanol–water partition coefficient (Wildman–Crippen LogP) is 5.50. The summed E-state index contributed by atoms with van der Waals surface area (Å²) in [7, 11) is 0. The van der Waals surface area contributed by atoms with Crippen LogP contribution in [0.25, 0.3) is 0 Å². The summed E-state index contributed by atoms with van der Waals surface area (Å²) in [5.74, 6) is 0. The Hall–Kier alpha value is 0.620. The molecule has 0 bridgehead atoms. The van der Waals surface area contributed by atoms with Crippen LogP contribution in [0.1, 0.15) is 51.1 Å². The van der Waals surface area contributed by atoms with Crippen molar-refractivity contribution in [1.82, 2.24) is 5.32 Å². The van der Waals surface area contributed by atoms with E-state index >= 15 is 0 Å². The van der Waals surface area contributed by atoms with E-state index in [1.165, 1.54) is 38.8 Å². The lowest BCUT2D eigenvalue weighted by Gasteiger charge is -2.17. The van der Waals surface area contributed by atoms with Gasteiger partial charge in [-0.1, -0.05) is 33.1 Å². The first-order chi connectivity index (χ1) is 7.69. The molecule has 1 heterocycles. The lowest BCUT2D eigenvalue weighted by atomic mass is 10.0. The van der Waals surface area contributed by atoms with Crippen LogP contribution >= 0.6 is 43.2 Å². The standard InChI is InChI=1S/C12H19Br2NS/c1-3-5-6-7-10(15-4-2)9-8-11(13)16-12(9)14/h8,10,15H,3-7H2,1-2H3. The minimum atomic E-state index is 0.494. The maximum absolute atomic E-state index is 3.65. The molecular weight excluding hydrogens is 350 g/mol. The van der Waals surface area contributed by atoms with E-state index in [-0.39, 0.29) is 0 Å². The maximum atomic E-state index is 3.65. The van der Waals surface area contributed by atoms with Crippen molar-refractivity contribution in [2.24, 2.45) is 0 Å². The molecule has 0 amide bonds. The first kappa shape index (κ1) is 14.7. The summed E-state index contributed by atoms with van der Waals surface area (Å²) in [5.41, 5.74) is 1.40. The van der Waals surface area contributed by atoms with E-state index in [9.17, 15) is 0 Å². The van der Waals surface area contributed by atoms with Gasteiger partial charge in [-0.05, 0) is 56.5 Å². The number of thiophene rings is 1.